The average Bonchev–Trinajstić information content (AvgIpc) is 2.89. The number of nitrogens with one attached hydrogen (secondary N) is 1. The largest absolute Gasteiger partial charge is 0.481 e. The fourth-order valence-electron chi connectivity index (χ4n) is 3.89. The maximum atomic E-state index is 13.9. The highest BCUT2D eigenvalue weighted by Gasteiger charge is 2.26. The van der Waals surface area contributed by atoms with E-state index in [0.29, 0.717) is 55.6 Å². The lowest BCUT2D eigenvalue weighted by atomic mass is 9.94. The molecule has 4 rings (SSSR count). The number of halogens is 1. The molecule has 3 aromatic rings. The minimum Gasteiger partial charge on any atom is -0.481 e. The standard InChI is InChI=1S/C23H21FN2O5S.C3H6O2/c24-18-4-1-17-11-15(13-22(27)28)12-21(20(17)14-18)23(29)16-2-5-19(6-3-16)32(30,31)26-9-7-25-8-10-26;1-2-5-3-4/h1-6,11-12,14,25H,7-10,13H2,(H,27,28);3H,2H2,1H3. The molecule has 2 N–H and O–H groups in total. The topological polar surface area (TPSA) is 130 Å². The Hall–Kier alpha value is -3.67. The van der Waals surface area contributed by atoms with Crippen molar-refractivity contribution in [1.29, 1.82) is 0 Å². The van der Waals surface area contributed by atoms with Gasteiger partial charge in [-0.1, -0.05) is 12.1 Å². The maximum Gasteiger partial charge on any atom is 0.307 e. The first-order valence-corrected chi connectivity index (χ1v) is 13.0. The van der Waals surface area contributed by atoms with E-state index in [9.17, 15) is 27.2 Å². The average molecular weight is 531 g/mol. The van der Waals surface area contributed by atoms with Gasteiger partial charge in [-0.25, -0.2) is 12.8 Å². The molecule has 0 radical (unpaired) electrons. The van der Waals surface area contributed by atoms with E-state index in [1.165, 1.54) is 52.8 Å². The van der Waals surface area contributed by atoms with Gasteiger partial charge in [0, 0.05) is 37.3 Å². The molecule has 0 amide bonds. The first-order valence-electron chi connectivity index (χ1n) is 11.5. The number of nitrogens with zero attached hydrogens (tertiary/aromatic N) is 1. The quantitative estimate of drug-likeness (QED) is 0.336. The van der Waals surface area contributed by atoms with Gasteiger partial charge in [-0.15, -0.1) is 0 Å². The second-order valence-corrected chi connectivity index (χ2v) is 10.1. The molecule has 0 saturated carbocycles. The molecule has 1 aliphatic heterocycles. The number of carboxylic acid groups (broad SMARTS) is 1. The monoisotopic (exact) mass is 530 g/mol. The summed E-state index contributed by atoms with van der Waals surface area (Å²) < 4.78 is 45.0. The summed E-state index contributed by atoms with van der Waals surface area (Å²) in [4.78, 5) is 33.7. The van der Waals surface area contributed by atoms with Gasteiger partial charge in [0.15, 0.2) is 5.78 Å². The first-order chi connectivity index (χ1) is 17.7. The number of hydrogen-bond donors (Lipinski definition) is 2. The maximum absolute atomic E-state index is 13.9. The van der Waals surface area contributed by atoms with Crippen LogP contribution in [-0.2, 0) is 30.8 Å². The van der Waals surface area contributed by atoms with Crippen molar-refractivity contribution in [3.8, 4) is 0 Å². The molecule has 1 saturated heterocycles. The van der Waals surface area contributed by atoms with Gasteiger partial charge in [0.2, 0.25) is 10.0 Å². The molecule has 1 fully saturated rings. The molecule has 0 aromatic heterocycles. The zero-order valence-corrected chi connectivity index (χ0v) is 21.0. The Balaban J connectivity index is 0.000000695. The van der Waals surface area contributed by atoms with Crippen LogP contribution in [0.5, 0.6) is 0 Å². The molecule has 1 aliphatic rings. The van der Waals surface area contributed by atoms with Crippen LogP contribution >= 0.6 is 0 Å². The van der Waals surface area contributed by atoms with Crippen molar-refractivity contribution in [2.45, 2.75) is 18.2 Å². The lowest BCUT2D eigenvalue weighted by molar-refractivity contribution is -0.136. The fourth-order valence-corrected chi connectivity index (χ4v) is 5.33. The van der Waals surface area contributed by atoms with E-state index in [1.54, 1.807) is 13.0 Å². The van der Waals surface area contributed by atoms with Crippen LogP contribution in [0, 0.1) is 5.82 Å². The van der Waals surface area contributed by atoms with E-state index in [4.69, 9.17) is 5.11 Å². The molecule has 0 bridgehead atoms. The van der Waals surface area contributed by atoms with Crippen molar-refractivity contribution in [2.24, 2.45) is 0 Å². The molecule has 9 nitrogen and oxygen atoms in total. The van der Waals surface area contributed by atoms with Crippen molar-refractivity contribution in [3.05, 3.63) is 77.1 Å². The van der Waals surface area contributed by atoms with Crippen molar-refractivity contribution in [1.82, 2.24) is 9.62 Å². The summed E-state index contributed by atoms with van der Waals surface area (Å²) in [7, 11) is -3.66. The van der Waals surface area contributed by atoms with Gasteiger partial charge >= 0.3 is 5.97 Å². The molecular formula is C26H27FN2O7S. The zero-order chi connectivity index (χ0) is 27.0. The number of hydrogen-bond acceptors (Lipinski definition) is 7. The molecule has 0 unspecified atom stereocenters. The molecule has 37 heavy (non-hydrogen) atoms. The number of fused-ring (bicyclic) bond motifs is 1. The van der Waals surface area contributed by atoms with Crippen LogP contribution in [0.1, 0.15) is 28.4 Å². The van der Waals surface area contributed by atoms with Gasteiger partial charge in [-0.3, -0.25) is 14.4 Å². The van der Waals surface area contributed by atoms with Crippen LogP contribution in [0.2, 0.25) is 0 Å². The lowest BCUT2D eigenvalue weighted by Gasteiger charge is -2.26. The van der Waals surface area contributed by atoms with Gasteiger partial charge in [0.25, 0.3) is 6.47 Å². The Morgan fingerprint density at radius 1 is 1.08 bits per heavy atom. The molecule has 1 heterocycles. The molecule has 0 spiro atoms. The molecule has 11 heteroatoms. The van der Waals surface area contributed by atoms with Crippen molar-refractivity contribution >= 4 is 39.0 Å². The van der Waals surface area contributed by atoms with Crippen LogP contribution in [0.25, 0.3) is 10.8 Å². The van der Waals surface area contributed by atoms with Gasteiger partial charge in [-0.2, -0.15) is 4.31 Å². The molecule has 0 aliphatic carbocycles. The summed E-state index contributed by atoms with van der Waals surface area (Å²) in [5.74, 6) is -2.01. The SMILES string of the molecule is CCOC=O.O=C(O)Cc1cc(C(=O)c2ccc(S(=O)(=O)N3CCNCC3)cc2)c2cc(F)ccc2c1. The van der Waals surface area contributed by atoms with Crippen LogP contribution in [0.15, 0.2) is 59.5 Å². The number of carboxylic acids is 1. The second-order valence-electron chi connectivity index (χ2n) is 8.14. The van der Waals surface area contributed by atoms with E-state index in [-0.39, 0.29) is 22.4 Å². The third-order valence-electron chi connectivity index (χ3n) is 5.64. The van der Waals surface area contributed by atoms with Crippen LogP contribution < -0.4 is 5.32 Å². The second kappa shape index (κ2) is 12.5. The summed E-state index contributed by atoms with van der Waals surface area (Å²) in [5, 5.41) is 13.1. The lowest BCUT2D eigenvalue weighted by Crippen LogP contribution is -2.46. The normalized spacial score (nSPS) is 13.9. The molecular weight excluding hydrogens is 503 g/mol. The van der Waals surface area contributed by atoms with E-state index in [2.05, 4.69) is 10.1 Å². The Bertz CT molecular complexity index is 1390. The van der Waals surface area contributed by atoms with Gasteiger partial charge in [-0.05, 0) is 65.7 Å². The van der Waals surface area contributed by atoms with E-state index >= 15 is 0 Å². The predicted molar refractivity (Wildman–Crippen MR) is 134 cm³/mol. The summed E-state index contributed by atoms with van der Waals surface area (Å²) in [6.45, 7) is 4.56. The number of aliphatic carboxylic acids is 1. The number of piperazine rings is 1. The van der Waals surface area contributed by atoms with Gasteiger partial charge in [0.05, 0.1) is 17.9 Å². The number of sulfonamides is 1. The van der Waals surface area contributed by atoms with Crippen molar-refractivity contribution in [2.75, 3.05) is 32.8 Å². The van der Waals surface area contributed by atoms with E-state index < -0.39 is 27.6 Å². The summed E-state index contributed by atoms with van der Waals surface area (Å²) in [6.07, 6.45) is -0.282. The third-order valence-corrected chi connectivity index (χ3v) is 7.55. The number of rotatable bonds is 8. The Morgan fingerprint density at radius 2 is 1.76 bits per heavy atom. The number of carbonyl (C=O) groups is 3. The third kappa shape index (κ3) is 6.97. The van der Waals surface area contributed by atoms with Gasteiger partial charge in [0.1, 0.15) is 5.82 Å². The minimum atomic E-state index is -3.66. The summed E-state index contributed by atoms with van der Waals surface area (Å²) >= 11 is 0. The number of carbonyl (C=O) groups excluding carboxylic acids is 2. The summed E-state index contributed by atoms with van der Waals surface area (Å²) in [6, 6.07) is 12.7. The molecule has 3 aromatic carbocycles. The molecule has 0 atom stereocenters. The van der Waals surface area contributed by atoms with Gasteiger partial charge < -0.3 is 15.2 Å². The fraction of sp³-hybridized carbons (Fsp3) is 0.269. The van der Waals surface area contributed by atoms with E-state index in [1.807, 2.05) is 0 Å². The minimum absolute atomic E-state index is 0.0893. The number of benzene rings is 3. The first kappa shape index (κ1) is 27.9. The van der Waals surface area contributed by atoms with Crippen molar-refractivity contribution < 1.29 is 37.0 Å². The van der Waals surface area contributed by atoms with Crippen LogP contribution in [0.3, 0.4) is 0 Å². The highest BCUT2D eigenvalue weighted by Crippen LogP contribution is 2.26. The smallest absolute Gasteiger partial charge is 0.307 e. The highest BCUT2D eigenvalue weighted by atomic mass is 32.2. The Kier molecular flexibility index (Phi) is 9.45. The summed E-state index contributed by atoms with van der Waals surface area (Å²) in [5.41, 5.74) is 0.802. The Labute approximate surface area is 213 Å². The number of ketones is 1. The zero-order valence-electron chi connectivity index (χ0n) is 20.1. The Morgan fingerprint density at radius 3 is 2.32 bits per heavy atom. The predicted octanol–water partition coefficient (Wildman–Crippen LogP) is 2.61. The van der Waals surface area contributed by atoms with E-state index in [0.717, 1.165) is 0 Å². The van der Waals surface area contributed by atoms with Crippen LogP contribution in [0.4, 0.5) is 4.39 Å². The molecule has 196 valence electrons. The van der Waals surface area contributed by atoms with Crippen LogP contribution in [-0.4, -0.2) is 68.8 Å². The number of ether oxygens (including phenoxy) is 1. The highest BCUT2D eigenvalue weighted by molar-refractivity contribution is 7.89. The van der Waals surface area contributed by atoms with Crippen molar-refractivity contribution in [3.63, 3.8) is 0 Å².